The summed E-state index contributed by atoms with van der Waals surface area (Å²) in [5.74, 6) is -0.752. The molecule has 9 heteroatoms. The summed E-state index contributed by atoms with van der Waals surface area (Å²) >= 11 is 0. The highest BCUT2D eigenvalue weighted by molar-refractivity contribution is 6.04. The second-order valence-corrected chi connectivity index (χ2v) is 4.91. The van der Waals surface area contributed by atoms with Crippen molar-refractivity contribution in [1.29, 1.82) is 0 Å². The van der Waals surface area contributed by atoms with Crippen LogP contribution in [0.25, 0.3) is 5.69 Å². The van der Waals surface area contributed by atoms with E-state index in [1.165, 1.54) is 24.8 Å². The lowest BCUT2D eigenvalue weighted by molar-refractivity contribution is -0.274. The van der Waals surface area contributed by atoms with E-state index in [0.29, 0.717) is 11.3 Å². The number of nitrogens with one attached hydrogen (secondary N) is 1. The van der Waals surface area contributed by atoms with E-state index in [-0.39, 0.29) is 5.75 Å². The van der Waals surface area contributed by atoms with Gasteiger partial charge >= 0.3 is 6.36 Å². The van der Waals surface area contributed by atoms with E-state index in [9.17, 15) is 18.0 Å². The van der Waals surface area contributed by atoms with Gasteiger partial charge in [0, 0.05) is 11.3 Å². The van der Waals surface area contributed by atoms with Crippen LogP contribution in [0.3, 0.4) is 0 Å². The largest absolute Gasteiger partial charge is 0.573 e. The Balaban J connectivity index is 1.66. The first-order valence-corrected chi connectivity index (χ1v) is 7.03. The van der Waals surface area contributed by atoms with Crippen LogP contribution >= 0.6 is 0 Å². The normalized spacial score (nSPS) is 11.2. The van der Waals surface area contributed by atoms with Crippen LogP contribution in [0.5, 0.6) is 5.75 Å². The number of anilines is 1. The molecule has 0 bridgehead atoms. The first kappa shape index (κ1) is 16.5. The lowest BCUT2D eigenvalue weighted by atomic mass is 10.2. The number of benzene rings is 2. The Morgan fingerprint density at radius 1 is 1.04 bits per heavy atom. The molecule has 25 heavy (non-hydrogen) atoms. The average molecular weight is 348 g/mol. The van der Waals surface area contributed by atoms with Gasteiger partial charge < -0.3 is 10.1 Å². The molecule has 1 aromatic heterocycles. The molecule has 0 aliphatic heterocycles. The van der Waals surface area contributed by atoms with Crippen molar-refractivity contribution in [3.8, 4) is 11.4 Å². The standard InChI is InChI=1S/C16H11F3N4O2/c17-16(18,19)25-14-7-3-12(4-8-14)22-15(24)11-1-5-13(6-2-11)23-10-20-9-21-23/h1-10H,(H,22,24). The van der Waals surface area contributed by atoms with Crippen LogP contribution in [-0.4, -0.2) is 27.0 Å². The molecule has 1 amide bonds. The second-order valence-electron chi connectivity index (χ2n) is 4.91. The lowest BCUT2D eigenvalue weighted by Crippen LogP contribution is -2.17. The van der Waals surface area contributed by atoms with Gasteiger partial charge in [0.05, 0.1) is 5.69 Å². The molecule has 6 nitrogen and oxygen atoms in total. The molecule has 3 aromatic rings. The van der Waals surface area contributed by atoms with Crippen molar-refractivity contribution < 1.29 is 22.7 Å². The van der Waals surface area contributed by atoms with Crippen molar-refractivity contribution in [3.63, 3.8) is 0 Å². The minimum absolute atomic E-state index is 0.347. The molecular weight excluding hydrogens is 337 g/mol. The van der Waals surface area contributed by atoms with Crippen molar-refractivity contribution in [2.75, 3.05) is 5.32 Å². The molecule has 0 saturated carbocycles. The van der Waals surface area contributed by atoms with Gasteiger partial charge in [-0.2, -0.15) is 5.10 Å². The van der Waals surface area contributed by atoms with Gasteiger partial charge in [-0.05, 0) is 48.5 Å². The molecule has 0 atom stereocenters. The number of alkyl halides is 3. The molecule has 0 aliphatic rings. The quantitative estimate of drug-likeness (QED) is 0.784. The summed E-state index contributed by atoms with van der Waals surface area (Å²) in [6.07, 6.45) is -1.83. The third-order valence-corrected chi connectivity index (χ3v) is 3.16. The molecule has 1 heterocycles. The van der Waals surface area contributed by atoms with E-state index in [0.717, 1.165) is 17.8 Å². The van der Waals surface area contributed by atoms with Gasteiger partial charge in [-0.25, -0.2) is 9.67 Å². The number of hydrogen-bond acceptors (Lipinski definition) is 4. The Bertz CT molecular complexity index is 845. The topological polar surface area (TPSA) is 69.0 Å². The number of nitrogens with zero attached hydrogens (tertiary/aromatic N) is 3. The number of hydrogen-bond donors (Lipinski definition) is 1. The van der Waals surface area contributed by atoms with Crippen LogP contribution in [0, 0.1) is 0 Å². The van der Waals surface area contributed by atoms with Gasteiger partial charge in [0.1, 0.15) is 18.4 Å². The molecule has 0 aliphatic carbocycles. The summed E-state index contributed by atoms with van der Waals surface area (Å²) in [6.45, 7) is 0. The molecule has 0 radical (unpaired) electrons. The molecule has 3 rings (SSSR count). The van der Waals surface area contributed by atoms with Gasteiger partial charge in [-0.3, -0.25) is 4.79 Å². The van der Waals surface area contributed by atoms with Crippen LogP contribution in [0.1, 0.15) is 10.4 Å². The number of aromatic nitrogens is 3. The third kappa shape index (κ3) is 4.34. The van der Waals surface area contributed by atoms with Crippen LogP contribution in [0.2, 0.25) is 0 Å². The van der Waals surface area contributed by atoms with Crippen molar-refractivity contribution in [2.45, 2.75) is 6.36 Å². The molecule has 1 N–H and O–H groups in total. The monoisotopic (exact) mass is 348 g/mol. The Morgan fingerprint density at radius 3 is 2.28 bits per heavy atom. The number of rotatable bonds is 4. The fourth-order valence-corrected chi connectivity index (χ4v) is 2.05. The molecule has 0 saturated heterocycles. The maximum atomic E-state index is 12.2. The van der Waals surface area contributed by atoms with Crippen molar-refractivity contribution >= 4 is 11.6 Å². The second kappa shape index (κ2) is 6.63. The highest BCUT2D eigenvalue weighted by Crippen LogP contribution is 2.24. The summed E-state index contributed by atoms with van der Waals surface area (Å²) in [4.78, 5) is 16.0. The Labute approximate surface area is 139 Å². The zero-order valence-corrected chi connectivity index (χ0v) is 12.6. The number of halogens is 3. The van der Waals surface area contributed by atoms with Crippen LogP contribution in [-0.2, 0) is 0 Å². The van der Waals surface area contributed by atoms with Gasteiger partial charge in [-0.1, -0.05) is 0 Å². The predicted molar refractivity (Wildman–Crippen MR) is 82.4 cm³/mol. The van der Waals surface area contributed by atoms with E-state index in [1.807, 2.05) is 0 Å². The van der Waals surface area contributed by atoms with E-state index in [1.54, 1.807) is 28.9 Å². The lowest BCUT2D eigenvalue weighted by Gasteiger charge is -2.10. The first-order chi connectivity index (χ1) is 11.9. The summed E-state index contributed by atoms with van der Waals surface area (Å²) in [5.41, 5.74) is 1.47. The summed E-state index contributed by atoms with van der Waals surface area (Å²) in [6, 6.07) is 11.5. The Morgan fingerprint density at radius 2 is 1.72 bits per heavy atom. The minimum Gasteiger partial charge on any atom is -0.406 e. The van der Waals surface area contributed by atoms with E-state index in [4.69, 9.17) is 0 Å². The van der Waals surface area contributed by atoms with Crippen LogP contribution in [0.4, 0.5) is 18.9 Å². The van der Waals surface area contributed by atoms with Crippen molar-refractivity contribution in [3.05, 3.63) is 66.7 Å². The number of carbonyl (C=O) groups is 1. The van der Waals surface area contributed by atoms with Crippen molar-refractivity contribution in [1.82, 2.24) is 14.8 Å². The highest BCUT2D eigenvalue weighted by atomic mass is 19.4. The summed E-state index contributed by atoms with van der Waals surface area (Å²) in [7, 11) is 0. The number of amides is 1. The van der Waals surface area contributed by atoms with Crippen LogP contribution < -0.4 is 10.1 Å². The smallest absolute Gasteiger partial charge is 0.406 e. The van der Waals surface area contributed by atoms with Gasteiger partial charge in [0.15, 0.2) is 0 Å². The number of ether oxygens (including phenoxy) is 1. The highest BCUT2D eigenvalue weighted by Gasteiger charge is 2.30. The maximum Gasteiger partial charge on any atom is 0.573 e. The Kier molecular flexibility index (Phi) is 4.38. The SMILES string of the molecule is O=C(Nc1ccc(OC(F)(F)F)cc1)c1ccc(-n2cncn2)cc1. The molecule has 0 spiro atoms. The van der Waals surface area contributed by atoms with Crippen molar-refractivity contribution in [2.24, 2.45) is 0 Å². The zero-order chi connectivity index (χ0) is 17.9. The third-order valence-electron chi connectivity index (χ3n) is 3.16. The van der Waals surface area contributed by atoms with Gasteiger partial charge in [-0.15, -0.1) is 13.2 Å². The molecular formula is C16H11F3N4O2. The van der Waals surface area contributed by atoms with E-state index < -0.39 is 12.3 Å². The fraction of sp³-hybridized carbons (Fsp3) is 0.0625. The first-order valence-electron chi connectivity index (χ1n) is 7.03. The predicted octanol–water partition coefficient (Wildman–Crippen LogP) is 3.42. The Hall–Kier alpha value is -3.36. The zero-order valence-electron chi connectivity index (χ0n) is 12.6. The number of carbonyl (C=O) groups excluding carboxylic acids is 1. The van der Waals surface area contributed by atoms with E-state index in [2.05, 4.69) is 20.1 Å². The maximum absolute atomic E-state index is 12.2. The van der Waals surface area contributed by atoms with Gasteiger partial charge in [0.25, 0.3) is 5.91 Å². The fourth-order valence-electron chi connectivity index (χ4n) is 2.05. The summed E-state index contributed by atoms with van der Waals surface area (Å²) in [5, 5.41) is 6.57. The average Bonchev–Trinajstić information content (AvgIpc) is 3.10. The van der Waals surface area contributed by atoms with Gasteiger partial charge in [0.2, 0.25) is 0 Å². The molecule has 0 unspecified atom stereocenters. The van der Waals surface area contributed by atoms with E-state index >= 15 is 0 Å². The minimum atomic E-state index is -4.75. The molecule has 2 aromatic carbocycles. The molecule has 0 fully saturated rings. The molecule has 128 valence electrons. The summed E-state index contributed by atoms with van der Waals surface area (Å²) < 4.78 is 41.6. The van der Waals surface area contributed by atoms with Crippen LogP contribution in [0.15, 0.2) is 61.2 Å².